The van der Waals surface area contributed by atoms with Crippen molar-refractivity contribution in [1.29, 1.82) is 0 Å². The van der Waals surface area contributed by atoms with Crippen molar-refractivity contribution < 1.29 is 9.53 Å². The van der Waals surface area contributed by atoms with Crippen LogP contribution in [0.2, 0.25) is 5.15 Å². The predicted molar refractivity (Wildman–Crippen MR) is 69.7 cm³/mol. The molecule has 1 amide bonds. The molecule has 1 aromatic rings. The Balaban J connectivity index is 2.16. The normalized spacial score (nSPS) is 10.7. The number of aromatic nitrogens is 2. The van der Waals surface area contributed by atoms with E-state index < -0.39 is 0 Å². The van der Waals surface area contributed by atoms with E-state index in [2.05, 4.69) is 15.3 Å². The summed E-state index contributed by atoms with van der Waals surface area (Å²) in [6.07, 6.45) is 4.76. The molecule has 18 heavy (non-hydrogen) atoms. The van der Waals surface area contributed by atoms with Crippen LogP contribution in [-0.2, 0) is 4.74 Å². The highest BCUT2D eigenvalue weighted by molar-refractivity contribution is 6.29. The Hall–Kier alpha value is -1.20. The zero-order valence-electron chi connectivity index (χ0n) is 10.6. The van der Waals surface area contributed by atoms with Crippen molar-refractivity contribution in [3.8, 4) is 0 Å². The van der Waals surface area contributed by atoms with Gasteiger partial charge >= 0.3 is 0 Å². The molecule has 0 spiro atoms. The van der Waals surface area contributed by atoms with E-state index in [9.17, 15) is 4.79 Å². The second-order valence-electron chi connectivity index (χ2n) is 4.11. The lowest BCUT2D eigenvalue weighted by molar-refractivity contribution is 0.0754. The molecular weight excluding hydrogens is 254 g/mol. The third kappa shape index (κ3) is 5.93. The number of carbonyl (C=O) groups excluding carboxylic acids is 1. The van der Waals surface area contributed by atoms with E-state index in [-0.39, 0.29) is 22.9 Å². The molecule has 0 atom stereocenters. The van der Waals surface area contributed by atoms with Gasteiger partial charge in [0, 0.05) is 13.2 Å². The summed E-state index contributed by atoms with van der Waals surface area (Å²) in [5.41, 5.74) is 0.276. The summed E-state index contributed by atoms with van der Waals surface area (Å²) < 4.78 is 5.40. The molecule has 0 saturated carbocycles. The lowest BCUT2D eigenvalue weighted by Crippen LogP contribution is -2.25. The first kappa shape index (κ1) is 14.9. The Morgan fingerprint density at radius 3 is 2.78 bits per heavy atom. The van der Waals surface area contributed by atoms with Gasteiger partial charge in [-0.3, -0.25) is 4.79 Å². The second-order valence-corrected chi connectivity index (χ2v) is 4.49. The van der Waals surface area contributed by atoms with Gasteiger partial charge in [-0.05, 0) is 26.7 Å². The van der Waals surface area contributed by atoms with Crippen LogP contribution in [-0.4, -0.2) is 35.1 Å². The number of carbonyl (C=O) groups is 1. The molecule has 0 radical (unpaired) electrons. The van der Waals surface area contributed by atoms with Gasteiger partial charge in [0.05, 0.1) is 18.5 Å². The summed E-state index contributed by atoms with van der Waals surface area (Å²) >= 11 is 5.58. The summed E-state index contributed by atoms with van der Waals surface area (Å²) in [4.78, 5) is 19.3. The molecule has 1 aromatic heterocycles. The average molecular weight is 272 g/mol. The molecule has 0 bridgehead atoms. The average Bonchev–Trinajstić information content (AvgIpc) is 2.34. The molecule has 6 heteroatoms. The van der Waals surface area contributed by atoms with Gasteiger partial charge in [-0.25, -0.2) is 9.97 Å². The topological polar surface area (TPSA) is 64.1 Å². The molecule has 0 aliphatic carbocycles. The van der Waals surface area contributed by atoms with E-state index >= 15 is 0 Å². The predicted octanol–water partition coefficient (Wildman–Crippen LogP) is 2.06. The maximum absolute atomic E-state index is 11.6. The molecule has 0 unspecified atom stereocenters. The Morgan fingerprint density at radius 1 is 1.39 bits per heavy atom. The fourth-order valence-corrected chi connectivity index (χ4v) is 1.37. The van der Waals surface area contributed by atoms with Crippen molar-refractivity contribution in [2.24, 2.45) is 0 Å². The SMILES string of the molecule is CC(C)OCCCCNC(=O)c1cnc(Cl)cn1. The number of hydrogen-bond acceptors (Lipinski definition) is 4. The minimum Gasteiger partial charge on any atom is -0.379 e. The van der Waals surface area contributed by atoms with E-state index in [1.807, 2.05) is 13.8 Å². The van der Waals surface area contributed by atoms with Crippen LogP contribution in [0.25, 0.3) is 0 Å². The largest absolute Gasteiger partial charge is 0.379 e. The zero-order valence-corrected chi connectivity index (χ0v) is 11.4. The molecule has 0 aliphatic rings. The Kier molecular flexibility index (Phi) is 6.60. The third-order valence-corrected chi connectivity index (χ3v) is 2.36. The maximum Gasteiger partial charge on any atom is 0.271 e. The molecule has 0 fully saturated rings. The van der Waals surface area contributed by atoms with Crippen molar-refractivity contribution in [1.82, 2.24) is 15.3 Å². The number of unbranched alkanes of at least 4 members (excludes halogenated alkanes) is 1. The minimum absolute atomic E-state index is 0.232. The van der Waals surface area contributed by atoms with Crippen molar-refractivity contribution in [3.63, 3.8) is 0 Å². The third-order valence-electron chi connectivity index (χ3n) is 2.16. The molecule has 1 heterocycles. The van der Waals surface area contributed by atoms with Gasteiger partial charge in [0.1, 0.15) is 10.8 Å². The highest BCUT2D eigenvalue weighted by Crippen LogP contribution is 2.01. The fourth-order valence-electron chi connectivity index (χ4n) is 1.27. The van der Waals surface area contributed by atoms with Crippen LogP contribution in [0.3, 0.4) is 0 Å². The van der Waals surface area contributed by atoms with Crippen LogP contribution in [0.5, 0.6) is 0 Å². The van der Waals surface area contributed by atoms with Gasteiger partial charge in [0.2, 0.25) is 0 Å². The Labute approximate surface area is 112 Å². The van der Waals surface area contributed by atoms with Gasteiger partial charge in [0.25, 0.3) is 5.91 Å². The number of nitrogens with zero attached hydrogens (tertiary/aromatic N) is 2. The summed E-state index contributed by atoms with van der Waals surface area (Å²) in [5.74, 6) is -0.232. The number of amides is 1. The number of rotatable bonds is 7. The molecular formula is C12H18ClN3O2. The number of ether oxygens (including phenoxy) is 1. The summed E-state index contributed by atoms with van der Waals surface area (Å²) in [6.45, 7) is 5.32. The smallest absolute Gasteiger partial charge is 0.271 e. The van der Waals surface area contributed by atoms with Crippen LogP contribution < -0.4 is 5.32 Å². The van der Waals surface area contributed by atoms with E-state index in [1.54, 1.807) is 0 Å². The van der Waals surface area contributed by atoms with E-state index in [0.717, 1.165) is 12.8 Å². The van der Waals surface area contributed by atoms with Crippen molar-refractivity contribution in [2.45, 2.75) is 32.8 Å². The van der Waals surface area contributed by atoms with E-state index in [4.69, 9.17) is 16.3 Å². The van der Waals surface area contributed by atoms with Crippen LogP contribution in [0, 0.1) is 0 Å². The Bertz CT molecular complexity index is 368. The number of hydrogen-bond donors (Lipinski definition) is 1. The first-order chi connectivity index (χ1) is 8.59. The monoisotopic (exact) mass is 271 g/mol. The van der Waals surface area contributed by atoms with Gasteiger partial charge in [-0.15, -0.1) is 0 Å². The van der Waals surface area contributed by atoms with Crippen molar-refractivity contribution in [2.75, 3.05) is 13.2 Å². The van der Waals surface area contributed by atoms with Gasteiger partial charge in [-0.1, -0.05) is 11.6 Å². The number of halogens is 1. The molecule has 1 rings (SSSR count). The van der Waals surface area contributed by atoms with Gasteiger partial charge in [0.15, 0.2) is 0 Å². The van der Waals surface area contributed by atoms with E-state index in [0.29, 0.717) is 13.2 Å². The van der Waals surface area contributed by atoms with Crippen LogP contribution >= 0.6 is 11.6 Å². The minimum atomic E-state index is -0.232. The van der Waals surface area contributed by atoms with Crippen LogP contribution in [0.1, 0.15) is 37.2 Å². The summed E-state index contributed by atoms with van der Waals surface area (Å²) in [5, 5.41) is 3.04. The molecule has 0 aromatic carbocycles. The lowest BCUT2D eigenvalue weighted by Gasteiger charge is -2.07. The highest BCUT2D eigenvalue weighted by atomic mass is 35.5. The standard InChI is InChI=1S/C12H18ClN3O2/c1-9(2)18-6-4-3-5-14-12(17)10-7-16-11(13)8-15-10/h7-9H,3-6H2,1-2H3,(H,14,17). The van der Waals surface area contributed by atoms with Gasteiger partial charge in [-0.2, -0.15) is 0 Å². The maximum atomic E-state index is 11.6. The Morgan fingerprint density at radius 2 is 2.17 bits per heavy atom. The molecule has 100 valence electrons. The van der Waals surface area contributed by atoms with Crippen molar-refractivity contribution in [3.05, 3.63) is 23.2 Å². The molecule has 0 saturated heterocycles. The molecule has 1 N–H and O–H groups in total. The van der Waals surface area contributed by atoms with Crippen LogP contribution in [0.4, 0.5) is 0 Å². The zero-order chi connectivity index (χ0) is 13.4. The lowest BCUT2D eigenvalue weighted by atomic mass is 10.3. The van der Waals surface area contributed by atoms with Gasteiger partial charge < -0.3 is 10.1 Å². The summed E-state index contributed by atoms with van der Waals surface area (Å²) in [7, 11) is 0. The first-order valence-electron chi connectivity index (χ1n) is 5.97. The van der Waals surface area contributed by atoms with Crippen LogP contribution in [0.15, 0.2) is 12.4 Å². The summed E-state index contributed by atoms with van der Waals surface area (Å²) in [6, 6.07) is 0. The van der Waals surface area contributed by atoms with Crippen molar-refractivity contribution >= 4 is 17.5 Å². The molecule has 0 aliphatic heterocycles. The fraction of sp³-hybridized carbons (Fsp3) is 0.583. The highest BCUT2D eigenvalue weighted by Gasteiger charge is 2.06. The number of nitrogens with one attached hydrogen (secondary N) is 1. The quantitative estimate of drug-likeness (QED) is 0.771. The first-order valence-corrected chi connectivity index (χ1v) is 6.34. The van der Waals surface area contributed by atoms with E-state index in [1.165, 1.54) is 12.4 Å². The molecule has 5 nitrogen and oxygen atoms in total. The second kappa shape index (κ2) is 8.00.